The average Bonchev–Trinajstić information content (AvgIpc) is 3.07. The third-order valence-corrected chi connectivity index (χ3v) is 4.08. The van der Waals surface area contributed by atoms with Crippen molar-refractivity contribution in [2.24, 2.45) is 11.0 Å². The molecular formula is C18H24N4O4. The first-order valence-corrected chi connectivity index (χ1v) is 8.49. The van der Waals surface area contributed by atoms with E-state index < -0.39 is 12.0 Å². The lowest BCUT2D eigenvalue weighted by Gasteiger charge is -2.19. The van der Waals surface area contributed by atoms with E-state index in [1.54, 1.807) is 45.2 Å². The molecular weight excluding hydrogens is 336 g/mol. The number of carboxylic acid groups (broad SMARTS) is 1. The fourth-order valence-corrected chi connectivity index (χ4v) is 2.52. The molecule has 26 heavy (non-hydrogen) atoms. The van der Waals surface area contributed by atoms with Crippen molar-refractivity contribution in [3.8, 4) is 0 Å². The minimum atomic E-state index is -1.03. The Morgan fingerprint density at radius 3 is 2.54 bits per heavy atom. The maximum Gasteiger partial charge on any atom is 0.328 e. The summed E-state index contributed by atoms with van der Waals surface area (Å²) in [6, 6.07) is 7.98. The topological polar surface area (TPSA) is 102 Å². The fraction of sp³-hybridized carbons (Fsp3) is 0.444. The number of nitrogens with zero attached hydrogens (tertiary/aromatic N) is 3. The molecule has 1 aliphatic rings. The summed E-state index contributed by atoms with van der Waals surface area (Å²) < 4.78 is 0. The largest absolute Gasteiger partial charge is 0.480 e. The summed E-state index contributed by atoms with van der Waals surface area (Å²) in [5.74, 6) is -1.57. The van der Waals surface area contributed by atoms with Gasteiger partial charge in [0.1, 0.15) is 5.71 Å². The quantitative estimate of drug-likeness (QED) is 0.753. The van der Waals surface area contributed by atoms with Gasteiger partial charge in [-0.25, -0.2) is 4.79 Å². The zero-order valence-electron chi connectivity index (χ0n) is 15.2. The number of para-hydroxylation sites is 1. The predicted molar refractivity (Wildman–Crippen MR) is 97.9 cm³/mol. The standard InChI is InChI=1S/C18H24N4O4/c1-12(2)16(23)19-9-10-21(3)17(24)14-11-15(18(25)26)22(20-14)13-7-5-4-6-8-13/h4-8,12,15H,9-11H2,1-3H3,(H,19,23)(H,25,26). The lowest BCUT2D eigenvalue weighted by atomic mass is 10.1. The molecule has 0 bridgehead atoms. The monoisotopic (exact) mass is 360 g/mol. The number of nitrogens with one attached hydrogen (secondary N) is 1. The van der Waals surface area contributed by atoms with Crippen molar-refractivity contribution in [2.45, 2.75) is 26.3 Å². The van der Waals surface area contributed by atoms with Crippen molar-refractivity contribution in [1.82, 2.24) is 10.2 Å². The highest BCUT2D eigenvalue weighted by Crippen LogP contribution is 2.25. The molecule has 2 amide bonds. The fourth-order valence-electron chi connectivity index (χ4n) is 2.52. The summed E-state index contributed by atoms with van der Waals surface area (Å²) in [6.45, 7) is 4.24. The van der Waals surface area contributed by atoms with Gasteiger partial charge < -0.3 is 15.3 Å². The third-order valence-electron chi connectivity index (χ3n) is 4.08. The van der Waals surface area contributed by atoms with E-state index in [2.05, 4.69) is 10.4 Å². The number of carbonyl (C=O) groups excluding carboxylic acids is 2. The van der Waals surface area contributed by atoms with Gasteiger partial charge in [0.25, 0.3) is 5.91 Å². The molecule has 1 atom stereocenters. The molecule has 0 radical (unpaired) electrons. The highest BCUT2D eigenvalue weighted by molar-refractivity contribution is 6.40. The zero-order valence-corrected chi connectivity index (χ0v) is 15.2. The molecule has 8 nitrogen and oxygen atoms in total. The van der Waals surface area contributed by atoms with E-state index in [1.165, 1.54) is 9.91 Å². The second-order valence-electron chi connectivity index (χ2n) is 6.46. The van der Waals surface area contributed by atoms with Gasteiger partial charge in [-0.05, 0) is 12.1 Å². The van der Waals surface area contributed by atoms with Crippen LogP contribution < -0.4 is 10.3 Å². The lowest BCUT2D eigenvalue weighted by molar-refractivity contribution is -0.138. The molecule has 8 heteroatoms. The van der Waals surface area contributed by atoms with Gasteiger partial charge in [-0.15, -0.1) is 0 Å². The molecule has 140 valence electrons. The number of benzene rings is 1. The molecule has 1 aromatic carbocycles. The molecule has 0 saturated heterocycles. The van der Waals surface area contributed by atoms with Gasteiger partial charge in [0, 0.05) is 32.5 Å². The van der Waals surface area contributed by atoms with E-state index in [0.29, 0.717) is 18.8 Å². The van der Waals surface area contributed by atoms with Gasteiger partial charge in [0.2, 0.25) is 5.91 Å². The van der Waals surface area contributed by atoms with Crippen LogP contribution in [0, 0.1) is 5.92 Å². The molecule has 0 aliphatic carbocycles. The Morgan fingerprint density at radius 2 is 1.96 bits per heavy atom. The van der Waals surface area contributed by atoms with E-state index >= 15 is 0 Å². The van der Waals surface area contributed by atoms with Crippen LogP contribution in [0.25, 0.3) is 0 Å². The summed E-state index contributed by atoms with van der Waals surface area (Å²) in [6.07, 6.45) is 0.0335. The number of hydrazone groups is 1. The first kappa shape index (κ1) is 19.4. The van der Waals surface area contributed by atoms with Crippen molar-refractivity contribution in [3.63, 3.8) is 0 Å². The summed E-state index contributed by atoms with van der Waals surface area (Å²) in [5.41, 5.74) is 0.813. The highest BCUT2D eigenvalue weighted by atomic mass is 16.4. The molecule has 2 rings (SSSR count). The molecule has 0 fully saturated rings. The number of amides is 2. The summed E-state index contributed by atoms with van der Waals surface area (Å²) >= 11 is 0. The second kappa shape index (κ2) is 8.46. The minimum Gasteiger partial charge on any atom is -0.480 e. The number of hydrogen-bond acceptors (Lipinski definition) is 5. The Hall–Kier alpha value is -2.90. The van der Waals surface area contributed by atoms with Gasteiger partial charge in [-0.1, -0.05) is 32.0 Å². The molecule has 1 aliphatic heterocycles. The molecule has 1 unspecified atom stereocenters. The number of hydrogen-bond donors (Lipinski definition) is 2. The number of aliphatic carboxylic acids is 1. The molecule has 0 aromatic heterocycles. The van der Waals surface area contributed by atoms with Crippen LogP contribution in [0.15, 0.2) is 35.4 Å². The van der Waals surface area contributed by atoms with Crippen LogP contribution in [0.2, 0.25) is 0 Å². The smallest absolute Gasteiger partial charge is 0.328 e. The molecule has 1 heterocycles. The maximum absolute atomic E-state index is 12.6. The number of carbonyl (C=O) groups is 3. The minimum absolute atomic E-state index is 0.0335. The normalized spacial score (nSPS) is 16.4. The van der Waals surface area contributed by atoms with Gasteiger partial charge >= 0.3 is 5.97 Å². The van der Waals surface area contributed by atoms with Crippen LogP contribution in [0.1, 0.15) is 20.3 Å². The van der Waals surface area contributed by atoms with E-state index in [9.17, 15) is 19.5 Å². The van der Waals surface area contributed by atoms with E-state index in [4.69, 9.17) is 0 Å². The van der Waals surface area contributed by atoms with E-state index in [1.807, 2.05) is 6.07 Å². The summed E-state index contributed by atoms with van der Waals surface area (Å²) in [7, 11) is 1.60. The van der Waals surface area contributed by atoms with Gasteiger partial charge in [-0.2, -0.15) is 5.10 Å². The van der Waals surface area contributed by atoms with Crippen molar-refractivity contribution in [1.29, 1.82) is 0 Å². The summed E-state index contributed by atoms with van der Waals surface area (Å²) in [5, 5.41) is 17.8. The van der Waals surface area contributed by atoms with Crippen LogP contribution in [-0.4, -0.2) is 59.7 Å². The molecule has 2 N–H and O–H groups in total. The molecule has 0 spiro atoms. The number of carboxylic acids is 1. The molecule has 1 aromatic rings. The van der Waals surface area contributed by atoms with Gasteiger partial charge in [0.05, 0.1) is 5.69 Å². The Morgan fingerprint density at radius 1 is 1.31 bits per heavy atom. The van der Waals surface area contributed by atoms with Crippen LogP contribution in [0.3, 0.4) is 0 Å². The van der Waals surface area contributed by atoms with E-state index in [0.717, 1.165) is 0 Å². The van der Waals surface area contributed by atoms with Crippen molar-refractivity contribution < 1.29 is 19.5 Å². The zero-order chi connectivity index (χ0) is 19.3. The number of anilines is 1. The van der Waals surface area contributed by atoms with Crippen LogP contribution in [0.5, 0.6) is 0 Å². The van der Waals surface area contributed by atoms with Crippen LogP contribution in [0.4, 0.5) is 5.69 Å². The molecule has 0 saturated carbocycles. The Bertz CT molecular complexity index is 702. The van der Waals surface area contributed by atoms with Crippen molar-refractivity contribution >= 4 is 29.2 Å². The highest BCUT2D eigenvalue weighted by Gasteiger charge is 2.36. The number of rotatable bonds is 7. The first-order valence-electron chi connectivity index (χ1n) is 8.49. The third kappa shape index (κ3) is 4.59. The second-order valence-corrected chi connectivity index (χ2v) is 6.46. The van der Waals surface area contributed by atoms with Gasteiger partial charge in [0.15, 0.2) is 6.04 Å². The number of likely N-dealkylation sites (N-methyl/N-ethyl adjacent to an activating group) is 1. The van der Waals surface area contributed by atoms with Crippen molar-refractivity contribution in [3.05, 3.63) is 30.3 Å². The Balaban J connectivity index is 2.03. The lowest BCUT2D eigenvalue weighted by Crippen LogP contribution is -2.40. The maximum atomic E-state index is 12.6. The summed E-state index contributed by atoms with van der Waals surface area (Å²) in [4.78, 5) is 37.1. The van der Waals surface area contributed by atoms with Crippen LogP contribution >= 0.6 is 0 Å². The SMILES string of the molecule is CC(C)C(=O)NCCN(C)C(=O)C1=NN(c2ccccc2)C(C(=O)O)C1. The van der Waals surface area contributed by atoms with Crippen LogP contribution in [-0.2, 0) is 14.4 Å². The van der Waals surface area contributed by atoms with E-state index in [-0.39, 0.29) is 29.9 Å². The average molecular weight is 360 g/mol. The van der Waals surface area contributed by atoms with Crippen molar-refractivity contribution in [2.75, 3.05) is 25.1 Å². The Labute approximate surface area is 152 Å². The van der Waals surface area contributed by atoms with Gasteiger partial charge in [-0.3, -0.25) is 14.6 Å². The first-order chi connectivity index (χ1) is 12.3. The Kier molecular flexibility index (Phi) is 6.32. The predicted octanol–water partition coefficient (Wildman–Crippen LogP) is 0.936.